The van der Waals surface area contributed by atoms with Crippen LogP contribution in [0.3, 0.4) is 0 Å². The highest BCUT2D eigenvalue weighted by Crippen LogP contribution is 2.33. The van der Waals surface area contributed by atoms with Gasteiger partial charge in [-0.15, -0.1) is 0 Å². The Hall–Kier alpha value is -2.98. The summed E-state index contributed by atoms with van der Waals surface area (Å²) in [4.78, 5) is 2.41. The summed E-state index contributed by atoms with van der Waals surface area (Å²) in [5.41, 5.74) is 3.50. The van der Waals surface area contributed by atoms with Gasteiger partial charge in [0.15, 0.2) is 11.5 Å². The average molecular weight is 406 g/mol. The molecule has 158 valence electrons. The Labute approximate surface area is 180 Å². The summed E-state index contributed by atoms with van der Waals surface area (Å²) in [6.45, 7) is 5.39. The van der Waals surface area contributed by atoms with Crippen molar-refractivity contribution in [3.63, 3.8) is 0 Å². The van der Waals surface area contributed by atoms with Gasteiger partial charge in [-0.05, 0) is 36.2 Å². The van der Waals surface area contributed by atoms with E-state index >= 15 is 0 Å². The lowest BCUT2D eigenvalue weighted by molar-refractivity contribution is 0.255. The summed E-state index contributed by atoms with van der Waals surface area (Å²) in [6, 6.07) is 24.5. The van der Waals surface area contributed by atoms with Gasteiger partial charge in [-0.25, -0.2) is 0 Å². The third kappa shape index (κ3) is 5.77. The quantitative estimate of drug-likeness (QED) is 0.430. The van der Waals surface area contributed by atoms with Crippen LogP contribution in [0.1, 0.15) is 23.6 Å². The zero-order chi connectivity index (χ0) is 21.2. The Morgan fingerprint density at radius 1 is 0.733 bits per heavy atom. The predicted molar refractivity (Wildman–Crippen MR) is 121 cm³/mol. The van der Waals surface area contributed by atoms with Gasteiger partial charge in [-0.3, -0.25) is 4.90 Å². The molecule has 0 aromatic heterocycles. The Morgan fingerprint density at radius 3 is 2.13 bits per heavy atom. The van der Waals surface area contributed by atoms with E-state index in [0.717, 1.165) is 54.4 Å². The summed E-state index contributed by atoms with van der Waals surface area (Å²) in [5, 5.41) is 0. The number of benzene rings is 3. The van der Waals surface area contributed by atoms with Crippen molar-refractivity contribution in [2.24, 2.45) is 0 Å². The van der Waals surface area contributed by atoms with E-state index in [1.54, 1.807) is 14.2 Å². The molecule has 0 spiro atoms. The fourth-order valence-electron chi connectivity index (χ4n) is 3.52. The smallest absolute Gasteiger partial charge is 0.166 e. The Kier molecular flexibility index (Phi) is 8.16. The fourth-order valence-corrected chi connectivity index (χ4v) is 3.52. The van der Waals surface area contributed by atoms with Gasteiger partial charge in [0.05, 0.1) is 14.2 Å². The highest BCUT2D eigenvalue weighted by atomic mass is 16.5. The monoisotopic (exact) mass is 405 g/mol. The van der Waals surface area contributed by atoms with Gasteiger partial charge in [0.2, 0.25) is 0 Å². The molecule has 0 saturated carbocycles. The summed E-state index contributed by atoms with van der Waals surface area (Å²) in [6.07, 6.45) is 0.933. The molecule has 0 unspecified atom stereocenters. The van der Waals surface area contributed by atoms with E-state index in [9.17, 15) is 0 Å². The fraction of sp³-hybridized carbons (Fsp3) is 0.308. The first-order chi connectivity index (χ1) is 14.7. The van der Waals surface area contributed by atoms with Crippen LogP contribution in [0.25, 0.3) is 0 Å². The minimum Gasteiger partial charge on any atom is -0.496 e. The van der Waals surface area contributed by atoms with Gasteiger partial charge < -0.3 is 14.2 Å². The standard InChI is InChI=1S/C26H31NO3/c1-4-27(18-17-22-13-8-9-15-24(22)28-2)19-23-14-10-16-25(29-3)26(23)30-20-21-11-6-5-7-12-21/h5-16H,4,17-20H2,1-3H3. The minimum absolute atomic E-state index is 0.515. The number of methoxy groups -OCH3 is 2. The topological polar surface area (TPSA) is 30.9 Å². The Balaban J connectivity index is 1.71. The van der Waals surface area contributed by atoms with Crippen molar-refractivity contribution in [2.45, 2.75) is 26.5 Å². The third-order valence-electron chi connectivity index (χ3n) is 5.24. The number of para-hydroxylation sites is 2. The summed E-state index contributed by atoms with van der Waals surface area (Å²) < 4.78 is 17.3. The van der Waals surface area contributed by atoms with Crippen molar-refractivity contribution >= 4 is 0 Å². The SMILES string of the molecule is CCN(CCc1ccccc1OC)Cc1cccc(OC)c1OCc1ccccc1. The van der Waals surface area contributed by atoms with Gasteiger partial charge in [0.1, 0.15) is 12.4 Å². The molecule has 0 aliphatic carbocycles. The number of hydrogen-bond donors (Lipinski definition) is 0. The molecule has 0 aliphatic rings. The molecule has 0 heterocycles. The number of ether oxygens (including phenoxy) is 3. The molecule has 0 N–H and O–H groups in total. The molecule has 0 amide bonds. The lowest BCUT2D eigenvalue weighted by atomic mass is 10.1. The molecule has 3 aromatic carbocycles. The maximum Gasteiger partial charge on any atom is 0.166 e. The molecule has 0 fully saturated rings. The third-order valence-corrected chi connectivity index (χ3v) is 5.24. The second-order valence-corrected chi connectivity index (χ2v) is 7.15. The molecule has 3 aromatic rings. The highest BCUT2D eigenvalue weighted by molar-refractivity contribution is 5.46. The van der Waals surface area contributed by atoms with Crippen LogP contribution in [0.15, 0.2) is 72.8 Å². The van der Waals surface area contributed by atoms with Crippen LogP contribution in [-0.4, -0.2) is 32.2 Å². The van der Waals surface area contributed by atoms with Gasteiger partial charge >= 0.3 is 0 Å². The largest absolute Gasteiger partial charge is 0.496 e. The van der Waals surface area contributed by atoms with E-state index in [1.807, 2.05) is 42.5 Å². The summed E-state index contributed by atoms with van der Waals surface area (Å²) in [7, 11) is 3.41. The zero-order valence-electron chi connectivity index (χ0n) is 18.1. The van der Waals surface area contributed by atoms with Crippen molar-refractivity contribution in [1.29, 1.82) is 0 Å². The van der Waals surface area contributed by atoms with Gasteiger partial charge in [-0.2, -0.15) is 0 Å². The van der Waals surface area contributed by atoms with Crippen LogP contribution in [0.5, 0.6) is 17.2 Å². The first-order valence-corrected chi connectivity index (χ1v) is 10.4. The molecule has 4 nitrogen and oxygen atoms in total. The van der Waals surface area contributed by atoms with E-state index in [4.69, 9.17) is 14.2 Å². The van der Waals surface area contributed by atoms with Crippen molar-refractivity contribution in [3.05, 3.63) is 89.5 Å². The zero-order valence-corrected chi connectivity index (χ0v) is 18.1. The van der Waals surface area contributed by atoms with Crippen molar-refractivity contribution < 1.29 is 14.2 Å². The second-order valence-electron chi connectivity index (χ2n) is 7.15. The average Bonchev–Trinajstić information content (AvgIpc) is 2.81. The molecule has 0 aliphatic heterocycles. The van der Waals surface area contributed by atoms with Crippen molar-refractivity contribution in [2.75, 3.05) is 27.3 Å². The number of nitrogens with zero attached hydrogens (tertiary/aromatic N) is 1. The summed E-state index contributed by atoms with van der Waals surface area (Å²) in [5.74, 6) is 2.53. The van der Waals surface area contributed by atoms with Gasteiger partial charge in [0, 0.05) is 18.7 Å². The highest BCUT2D eigenvalue weighted by Gasteiger charge is 2.14. The second kappa shape index (κ2) is 11.3. The minimum atomic E-state index is 0.515. The Bertz CT molecular complexity index is 911. The molecular weight excluding hydrogens is 374 g/mol. The van der Waals surface area contributed by atoms with Crippen molar-refractivity contribution in [3.8, 4) is 17.2 Å². The van der Waals surface area contributed by atoms with E-state index in [-0.39, 0.29) is 0 Å². The Morgan fingerprint density at radius 2 is 1.40 bits per heavy atom. The molecule has 4 heteroatoms. The van der Waals surface area contributed by atoms with E-state index < -0.39 is 0 Å². The number of likely N-dealkylation sites (N-methyl/N-ethyl adjacent to an activating group) is 1. The maximum atomic E-state index is 6.22. The van der Waals surface area contributed by atoms with Crippen LogP contribution in [0.2, 0.25) is 0 Å². The molecule has 30 heavy (non-hydrogen) atoms. The van der Waals surface area contributed by atoms with Gasteiger partial charge in [-0.1, -0.05) is 67.6 Å². The van der Waals surface area contributed by atoms with E-state index in [1.165, 1.54) is 5.56 Å². The lowest BCUT2D eigenvalue weighted by Gasteiger charge is -2.23. The van der Waals surface area contributed by atoms with Crippen molar-refractivity contribution in [1.82, 2.24) is 4.90 Å². The van der Waals surface area contributed by atoms with Crippen LogP contribution in [0, 0.1) is 0 Å². The van der Waals surface area contributed by atoms with Crippen LogP contribution >= 0.6 is 0 Å². The molecule has 0 radical (unpaired) electrons. The first-order valence-electron chi connectivity index (χ1n) is 10.4. The normalized spacial score (nSPS) is 10.8. The van der Waals surface area contributed by atoms with Gasteiger partial charge in [0.25, 0.3) is 0 Å². The molecule has 0 atom stereocenters. The van der Waals surface area contributed by atoms with Crippen LogP contribution in [0.4, 0.5) is 0 Å². The molecular formula is C26H31NO3. The number of hydrogen-bond acceptors (Lipinski definition) is 4. The molecule has 3 rings (SSSR count). The predicted octanol–water partition coefficient (Wildman–Crippen LogP) is 5.35. The van der Waals surface area contributed by atoms with Crippen LogP contribution < -0.4 is 14.2 Å². The molecule has 0 bridgehead atoms. The number of rotatable bonds is 11. The summed E-state index contributed by atoms with van der Waals surface area (Å²) >= 11 is 0. The van der Waals surface area contributed by atoms with E-state index in [2.05, 4.69) is 42.2 Å². The van der Waals surface area contributed by atoms with E-state index in [0.29, 0.717) is 6.61 Å². The lowest BCUT2D eigenvalue weighted by Crippen LogP contribution is -2.26. The first kappa shape index (κ1) is 21.7. The maximum absolute atomic E-state index is 6.22. The van der Waals surface area contributed by atoms with Crippen LogP contribution in [-0.2, 0) is 19.6 Å². The molecule has 0 saturated heterocycles.